The average molecular weight is 324 g/mol. The molecule has 0 atom stereocenters. The Hall–Kier alpha value is -1.03. The van der Waals surface area contributed by atoms with Crippen LogP contribution in [0.2, 0.25) is 5.02 Å². The standard InChI is InChI=1S/C17H22ClNOS/c1-17(2,3)20-16-9-8-14(21-16)10-11-19-12-13-6-4-5-7-15(13)18/h4-9,19H,10-12H2,1-3H3. The lowest BCUT2D eigenvalue weighted by Crippen LogP contribution is -2.22. The van der Waals surface area contributed by atoms with Gasteiger partial charge in [-0.1, -0.05) is 29.8 Å². The lowest BCUT2D eigenvalue weighted by atomic mass is 10.2. The molecule has 0 radical (unpaired) electrons. The summed E-state index contributed by atoms with van der Waals surface area (Å²) in [7, 11) is 0. The summed E-state index contributed by atoms with van der Waals surface area (Å²) in [6.45, 7) is 7.93. The lowest BCUT2D eigenvalue weighted by molar-refractivity contribution is 0.136. The second-order valence-electron chi connectivity index (χ2n) is 5.95. The number of hydrogen-bond donors (Lipinski definition) is 1. The number of hydrogen-bond acceptors (Lipinski definition) is 3. The first-order valence-corrected chi connectivity index (χ1v) is 8.35. The van der Waals surface area contributed by atoms with Gasteiger partial charge >= 0.3 is 0 Å². The third-order valence-corrected chi connectivity index (χ3v) is 4.26. The van der Waals surface area contributed by atoms with Crippen molar-refractivity contribution in [3.05, 3.63) is 51.9 Å². The van der Waals surface area contributed by atoms with E-state index in [0.717, 1.165) is 35.2 Å². The highest BCUT2D eigenvalue weighted by Gasteiger charge is 2.13. The first-order chi connectivity index (χ1) is 9.94. The van der Waals surface area contributed by atoms with Crippen LogP contribution in [-0.4, -0.2) is 12.1 Å². The van der Waals surface area contributed by atoms with Crippen molar-refractivity contribution in [3.63, 3.8) is 0 Å². The summed E-state index contributed by atoms with van der Waals surface area (Å²) < 4.78 is 5.85. The van der Waals surface area contributed by atoms with E-state index in [1.807, 2.05) is 18.2 Å². The van der Waals surface area contributed by atoms with Crippen molar-refractivity contribution < 1.29 is 4.74 Å². The topological polar surface area (TPSA) is 21.3 Å². The molecule has 4 heteroatoms. The van der Waals surface area contributed by atoms with Crippen molar-refractivity contribution >= 4 is 22.9 Å². The van der Waals surface area contributed by atoms with E-state index in [1.165, 1.54) is 4.88 Å². The van der Waals surface area contributed by atoms with Crippen molar-refractivity contribution in [1.29, 1.82) is 0 Å². The molecule has 0 aliphatic rings. The van der Waals surface area contributed by atoms with Gasteiger partial charge in [0, 0.05) is 23.0 Å². The van der Waals surface area contributed by atoms with E-state index in [0.29, 0.717) is 0 Å². The molecule has 0 fully saturated rings. The largest absolute Gasteiger partial charge is 0.479 e. The van der Waals surface area contributed by atoms with Gasteiger partial charge in [0.1, 0.15) is 5.60 Å². The number of benzene rings is 1. The molecule has 2 rings (SSSR count). The molecule has 2 nitrogen and oxygen atoms in total. The third kappa shape index (κ3) is 5.70. The Balaban J connectivity index is 1.75. The van der Waals surface area contributed by atoms with E-state index in [-0.39, 0.29) is 5.60 Å². The number of nitrogens with one attached hydrogen (secondary N) is 1. The van der Waals surface area contributed by atoms with Crippen LogP contribution in [0.5, 0.6) is 5.06 Å². The molecule has 2 aromatic rings. The highest BCUT2D eigenvalue weighted by atomic mass is 35.5. The number of ether oxygens (including phenoxy) is 1. The van der Waals surface area contributed by atoms with Gasteiger partial charge in [-0.25, -0.2) is 0 Å². The van der Waals surface area contributed by atoms with Gasteiger partial charge in [0.2, 0.25) is 0 Å². The molecule has 0 unspecified atom stereocenters. The van der Waals surface area contributed by atoms with Gasteiger partial charge in [0.25, 0.3) is 0 Å². The fourth-order valence-electron chi connectivity index (χ4n) is 1.93. The normalized spacial score (nSPS) is 11.6. The highest BCUT2D eigenvalue weighted by Crippen LogP contribution is 2.28. The summed E-state index contributed by atoms with van der Waals surface area (Å²) in [5.41, 5.74) is 1.01. The Kier molecular flexibility index (Phi) is 5.68. The summed E-state index contributed by atoms with van der Waals surface area (Å²) >= 11 is 7.85. The smallest absolute Gasteiger partial charge is 0.174 e. The van der Waals surface area contributed by atoms with Gasteiger partial charge < -0.3 is 10.1 Å². The van der Waals surface area contributed by atoms with Crippen molar-refractivity contribution in [2.24, 2.45) is 0 Å². The van der Waals surface area contributed by atoms with Crippen LogP contribution in [0.4, 0.5) is 0 Å². The molecular weight excluding hydrogens is 302 g/mol. The van der Waals surface area contributed by atoms with E-state index < -0.39 is 0 Å². The highest BCUT2D eigenvalue weighted by molar-refractivity contribution is 7.13. The van der Waals surface area contributed by atoms with E-state index >= 15 is 0 Å². The fraction of sp³-hybridized carbons (Fsp3) is 0.412. The Morgan fingerprint density at radius 3 is 2.62 bits per heavy atom. The molecule has 0 spiro atoms. The van der Waals surface area contributed by atoms with E-state index in [4.69, 9.17) is 16.3 Å². The van der Waals surface area contributed by atoms with Crippen LogP contribution in [-0.2, 0) is 13.0 Å². The Labute approximate surface area is 136 Å². The van der Waals surface area contributed by atoms with Crippen LogP contribution in [0.15, 0.2) is 36.4 Å². The molecule has 114 valence electrons. The van der Waals surface area contributed by atoms with Gasteiger partial charge in [-0.15, -0.1) is 11.3 Å². The monoisotopic (exact) mass is 323 g/mol. The maximum Gasteiger partial charge on any atom is 0.174 e. The Morgan fingerprint density at radius 1 is 1.14 bits per heavy atom. The maximum absolute atomic E-state index is 6.13. The van der Waals surface area contributed by atoms with Crippen molar-refractivity contribution in [2.45, 2.75) is 39.3 Å². The van der Waals surface area contributed by atoms with E-state index in [1.54, 1.807) is 11.3 Å². The second kappa shape index (κ2) is 7.30. The zero-order valence-corrected chi connectivity index (χ0v) is 14.4. The molecule has 1 N–H and O–H groups in total. The van der Waals surface area contributed by atoms with Crippen molar-refractivity contribution in [3.8, 4) is 5.06 Å². The summed E-state index contributed by atoms with van der Waals surface area (Å²) in [5.74, 6) is 0. The number of rotatable bonds is 6. The molecule has 1 heterocycles. The Bertz CT molecular complexity index is 574. The summed E-state index contributed by atoms with van der Waals surface area (Å²) in [6.07, 6.45) is 1.00. The molecule has 0 saturated heterocycles. The van der Waals surface area contributed by atoms with Gasteiger partial charge in [0.15, 0.2) is 5.06 Å². The van der Waals surface area contributed by atoms with Gasteiger partial charge in [-0.3, -0.25) is 0 Å². The molecule has 0 amide bonds. The van der Waals surface area contributed by atoms with Crippen LogP contribution in [0.1, 0.15) is 31.2 Å². The quantitative estimate of drug-likeness (QED) is 0.762. The van der Waals surface area contributed by atoms with Crippen LogP contribution in [0.3, 0.4) is 0 Å². The predicted octanol–water partition coefficient (Wildman–Crippen LogP) is 4.91. The zero-order valence-electron chi connectivity index (χ0n) is 12.8. The molecule has 1 aromatic heterocycles. The molecule has 0 aliphatic heterocycles. The van der Waals surface area contributed by atoms with Crippen LogP contribution in [0, 0.1) is 0 Å². The molecule has 0 bridgehead atoms. The first-order valence-electron chi connectivity index (χ1n) is 7.16. The Morgan fingerprint density at radius 2 is 1.90 bits per heavy atom. The molecule has 0 saturated carbocycles. The molecule has 21 heavy (non-hydrogen) atoms. The lowest BCUT2D eigenvalue weighted by Gasteiger charge is -2.19. The molecular formula is C17H22ClNOS. The first kappa shape index (κ1) is 16.3. The predicted molar refractivity (Wildman–Crippen MR) is 91.6 cm³/mol. The summed E-state index contributed by atoms with van der Waals surface area (Å²) in [4.78, 5) is 1.33. The van der Waals surface area contributed by atoms with E-state index in [9.17, 15) is 0 Å². The van der Waals surface area contributed by atoms with Crippen LogP contribution >= 0.6 is 22.9 Å². The minimum Gasteiger partial charge on any atom is -0.479 e. The van der Waals surface area contributed by atoms with Crippen molar-refractivity contribution in [2.75, 3.05) is 6.54 Å². The number of halogens is 1. The van der Waals surface area contributed by atoms with Crippen LogP contribution in [0.25, 0.3) is 0 Å². The van der Waals surface area contributed by atoms with Gasteiger partial charge in [-0.05, 0) is 51.0 Å². The fourth-order valence-corrected chi connectivity index (χ4v) is 3.15. The SMILES string of the molecule is CC(C)(C)Oc1ccc(CCNCc2ccccc2Cl)s1. The minimum atomic E-state index is -0.134. The molecule has 1 aromatic carbocycles. The third-order valence-electron chi connectivity index (χ3n) is 2.87. The molecule has 0 aliphatic carbocycles. The minimum absolute atomic E-state index is 0.134. The van der Waals surface area contributed by atoms with E-state index in [2.05, 4.69) is 44.3 Å². The van der Waals surface area contributed by atoms with Crippen molar-refractivity contribution in [1.82, 2.24) is 5.32 Å². The second-order valence-corrected chi connectivity index (χ2v) is 7.49. The zero-order chi connectivity index (χ0) is 15.3. The summed E-state index contributed by atoms with van der Waals surface area (Å²) in [6, 6.07) is 12.1. The average Bonchev–Trinajstić information content (AvgIpc) is 2.82. The number of thiophene rings is 1. The van der Waals surface area contributed by atoms with Gasteiger partial charge in [0.05, 0.1) is 0 Å². The van der Waals surface area contributed by atoms with Gasteiger partial charge in [-0.2, -0.15) is 0 Å². The summed E-state index contributed by atoms with van der Waals surface area (Å²) in [5, 5.41) is 5.24. The van der Waals surface area contributed by atoms with Crippen LogP contribution < -0.4 is 10.1 Å². The maximum atomic E-state index is 6.13.